The van der Waals surface area contributed by atoms with Crippen molar-refractivity contribution >= 4 is 15.8 Å². The number of sulfone groups is 1. The summed E-state index contributed by atoms with van der Waals surface area (Å²) in [6.07, 6.45) is 0.611. The van der Waals surface area contributed by atoms with E-state index < -0.39 is 28.0 Å². The van der Waals surface area contributed by atoms with E-state index in [1.807, 2.05) is 0 Å². The molecule has 98 valence electrons. The second kappa shape index (κ2) is 4.54. The maximum absolute atomic E-state index is 11.4. The number of carbonyl (C=O) groups is 1. The van der Waals surface area contributed by atoms with Crippen molar-refractivity contribution in [2.24, 2.45) is 5.73 Å². The van der Waals surface area contributed by atoms with Crippen molar-refractivity contribution in [2.75, 3.05) is 11.5 Å². The molecule has 1 aromatic rings. The van der Waals surface area contributed by atoms with E-state index in [0.717, 1.165) is 0 Å². The van der Waals surface area contributed by atoms with Crippen molar-refractivity contribution in [2.45, 2.75) is 12.1 Å². The van der Waals surface area contributed by atoms with Gasteiger partial charge in [0.15, 0.2) is 9.84 Å². The predicted octanol–water partition coefficient (Wildman–Crippen LogP) is -0.717. The molecular formula is C10H12N2O5S. The van der Waals surface area contributed by atoms with Crippen LogP contribution in [0.4, 0.5) is 0 Å². The summed E-state index contributed by atoms with van der Waals surface area (Å²) < 4.78 is 28.0. The minimum atomic E-state index is -3.22. The summed E-state index contributed by atoms with van der Waals surface area (Å²) >= 11 is 0. The van der Waals surface area contributed by atoms with Crippen molar-refractivity contribution in [3.63, 3.8) is 0 Å². The molecule has 18 heavy (non-hydrogen) atoms. The Morgan fingerprint density at radius 1 is 1.50 bits per heavy atom. The molecule has 1 aromatic heterocycles. The highest BCUT2D eigenvalue weighted by molar-refractivity contribution is 7.91. The molecule has 8 heteroatoms. The molecule has 0 bridgehead atoms. The van der Waals surface area contributed by atoms with Gasteiger partial charge in [0.1, 0.15) is 11.7 Å². The van der Waals surface area contributed by atoms with Crippen LogP contribution in [0.3, 0.4) is 0 Å². The van der Waals surface area contributed by atoms with E-state index in [4.69, 9.17) is 15.6 Å². The molecule has 2 heterocycles. The number of hydrogen-bond acceptors (Lipinski definition) is 6. The monoisotopic (exact) mass is 272 g/mol. The van der Waals surface area contributed by atoms with Crippen LogP contribution in [0.15, 0.2) is 18.3 Å². The Morgan fingerprint density at radius 2 is 2.22 bits per heavy atom. The van der Waals surface area contributed by atoms with E-state index >= 15 is 0 Å². The van der Waals surface area contributed by atoms with Crippen LogP contribution in [0, 0.1) is 0 Å². The normalized spacial score (nSPS) is 25.8. The van der Waals surface area contributed by atoms with E-state index in [1.54, 1.807) is 0 Å². The summed E-state index contributed by atoms with van der Waals surface area (Å²) in [5.41, 5.74) is 5.53. The molecule has 0 spiro atoms. The van der Waals surface area contributed by atoms with Crippen LogP contribution in [-0.4, -0.2) is 48.1 Å². The molecule has 1 aliphatic rings. The Bertz CT molecular complexity index is 571. The lowest BCUT2D eigenvalue weighted by molar-refractivity contribution is 0.0687. The zero-order chi connectivity index (χ0) is 13.3. The van der Waals surface area contributed by atoms with Crippen molar-refractivity contribution < 1.29 is 23.1 Å². The third kappa shape index (κ3) is 2.59. The van der Waals surface area contributed by atoms with E-state index in [-0.39, 0.29) is 22.9 Å². The molecule has 0 radical (unpaired) electrons. The van der Waals surface area contributed by atoms with Gasteiger partial charge in [-0.1, -0.05) is 0 Å². The van der Waals surface area contributed by atoms with Gasteiger partial charge in [0.05, 0.1) is 17.5 Å². The van der Waals surface area contributed by atoms with Gasteiger partial charge < -0.3 is 15.6 Å². The van der Waals surface area contributed by atoms with Crippen LogP contribution in [0.5, 0.6) is 5.88 Å². The minimum Gasteiger partial charge on any atom is -0.477 e. The fourth-order valence-corrected chi connectivity index (χ4v) is 3.51. The quantitative estimate of drug-likeness (QED) is 0.745. The van der Waals surface area contributed by atoms with Crippen molar-refractivity contribution in [3.05, 3.63) is 23.9 Å². The van der Waals surface area contributed by atoms with Gasteiger partial charge in [-0.05, 0) is 12.1 Å². The van der Waals surface area contributed by atoms with Crippen LogP contribution in [0.1, 0.15) is 10.4 Å². The van der Waals surface area contributed by atoms with E-state index in [9.17, 15) is 13.2 Å². The van der Waals surface area contributed by atoms with Gasteiger partial charge in [-0.2, -0.15) is 0 Å². The van der Waals surface area contributed by atoms with Crippen molar-refractivity contribution in [1.82, 2.24) is 4.98 Å². The first-order chi connectivity index (χ1) is 8.39. The van der Waals surface area contributed by atoms with Crippen molar-refractivity contribution in [1.29, 1.82) is 0 Å². The SMILES string of the molecule is NC1CS(=O)(=O)CC1Oc1ncccc1C(=O)O. The highest BCUT2D eigenvalue weighted by atomic mass is 32.2. The number of nitrogens with two attached hydrogens (primary N) is 1. The molecule has 0 aliphatic carbocycles. The third-order valence-electron chi connectivity index (χ3n) is 2.61. The summed E-state index contributed by atoms with van der Waals surface area (Å²) in [5, 5.41) is 8.94. The molecule has 0 aromatic carbocycles. The first-order valence-electron chi connectivity index (χ1n) is 5.20. The van der Waals surface area contributed by atoms with Gasteiger partial charge in [0.2, 0.25) is 5.88 Å². The Balaban J connectivity index is 2.23. The first-order valence-corrected chi connectivity index (χ1v) is 7.02. The van der Waals surface area contributed by atoms with E-state index in [1.165, 1.54) is 18.3 Å². The number of pyridine rings is 1. The number of rotatable bonds is 3. The Kier molecular flexibility index (Phi) is 3.22. The topological polar surface area (TPSA) is 120 Å². The molecule has 3 N–H and O–H groups in total. The molecule has 2 atom stereocenters. The number of aromatic carboxylic acids is 1. The van der Waals surface area contributed by atoms with Crippen molar-refractivity contribution in [3.8, 4) is 5.88 Å². The van der Waals surface area contributed by atoms with Gasteiger partial charge >= 0.3 is 5.97 Å². The summed E-state index contributed by atoms with van der Waals surface area (Å²) in [7, 11) is -3.22. The lowest BCUT2D eigenvalue weighted by Gasteiger charge is -2.16. The van der Waals surface area contributed by atoms with Crippen LogP contribution in [0.25, 0.3) is 0 Å². The Hall–Kier alpha value is -1.67. The van der Waals surface area contributed by atoms with Gasteiger partial charge in [-0.3, -0.25) is 0 Å². The molecule has 0 amide bonds. The lowest BCUT2D eigenvalue weighted by atomic mass is 10.2. The molecule has 2 unspecified atom stereocenters. The fraction of sp³-hybridized carbons (Fsp3) is 0.400. The first kappa shape index (κ1) is 12.8. The maximum atomic E-state index is 11.4. The Labute approximate surface area is 104 Å². The predicted molar refractivity (Wildman–Crippen MR) is 62.2 cm³/mol. The van der Waals surface area contributed by atoms with Gasteiger partial charge in [0.25, 0.3) is 0 Å². The van der Waals surface area contributed by atoms with Crippen LogP contribution >= 0.6 is 0 Å². The van der Waals surface area contributed by atoms with Gasteiger partial charge in [-0.25, -0.2) is 18.2 Å². The van der Waals surface area contributed by atoms with Crippen LogP contribution in [0.2, 0.25) is 0 Å². The second-order valence-corrected chi connectivity index (χ2v) is 6.21. The van der Waals surface area contributed by atoms with E-state index in [2.05, 4.69) is 4.98 Å². The lowest BCUT2D eigenvalue weighted by Crippen LogP contribution is -2.37. The standard InChI is InChI=1S/C10H12N2O5S/c11-7-4-18(15,16)5-8(7)17-9-6(10(13)14)2-1-3-12-9/h1-3,7-8H,4-5,11H2,(H,13,14). The zero-order valence-corrected chi connectivity index (χ0v) is 10.1. The summed E-state index contributed by atoms with van der Waals surface area (Å²) in [6, 6.07) is 2.13. The molecule has 1 saturated heterocycles. The summed E-state index contributed by atoms with van der Waals surface area (Å²) in [6.45, 7) is 0. The number of aromatic nitrogens is 1. The van der Waals surface area contributed by atoms with Gasteiger partial charge in [0, 0.05) is 6.20 Å². The number of carboxylic acid groups (broad SMARTS) is 1. The number of nitrogens with zero attached hydrogens (tertiary/aromatic N) is 1. The van der Waals surface area contributed by atoms with E-state index in [0.29, 0.717) is 0 Å². The summed E-state index contributed by atoms with van der Waals surface area (Å²) in [5.74, 6) is -1.67. The molecule has 1 fully saturated rings. The van der Waals surface area contributed by atoms with Crippen LogP contribution in [-0.2, 0) is 9.84 Å². The summed E-state index contributed by atoms with van der Waals surface area (Å²) in [4.78, 5) is 14.7. The molecule has 7 nitrogen and oxygen atoms in total. The molecular weight excluding hydrogens is 260 g/mol. The number of ether oxygens (including phenoxy) is 1. The maximum Gasteiger partial charge on any atom is 0.341 e. The second-order valence-electron chi connectivity index (χ2n) is 4.06. The zero-order valence-electron chi connectivity index (χ0n) is 9.31. The minimum absolute atomic E-state index is 0.109. The number of hydrogen-bond donors (Lipinski definition) is 2. The molecule has 0 saturated carbocycles. The Morgan fingerprint density at radius 3 is 2.78 bits per heavy atom. The largest absolute Gasteiger partial charge is 0.477 e. The fourth-order valence-electron chi connectivity index (χ4n) is 1.75. The highest BCUT2D eigenvalue weighted by Crippen LogP contribution is 2.20. The average Bonchev–Trinajstić information content (AvgIpc) is 2.52. The number of carboxylic acids is 1. The highest BCUT2D eigenvalue weighted by Gasteiger charge is 2.37. The average molecular weight is 272 g/mol. The smallest absolute Gasteiger partial charge is 0.341 e. The third-order valence-corrected chi connectivity index (χ3v) is 4.34. The molecule has 1 aliphatic heterocycles. The van der Waals surface area contributed by atoms with Crippen LogP contribution < -0.4 is 10.5 Å². The van der Waals surface area contributed by atoms with Gasteiger partial charge in [-0.15, -0.1) is 0 Å². The molecule has 2 rings (SSSR count).